The van der Waals surface area contributed by atoms with E-state index in [1.165, 1.54) is 23.5 Å². The number of ether oxygens (including phenoxy) is 1. The van der Waals surface area contributed by atoms with E-state index in [1.807, 2.05) is 19.9 Å². The number of alkyl halides is 2. The summed E-state index contributed by atoms with van der Waals surface area (Å²) in [6.45, 7) is 4.93. The number of nitrogens with one attached hydrogen (secondary N) is 1. The number of amides is 2. The summed E-state index contributed by atoms with van der Waals surface area (Å²) in [5.41, 5.74) is 1.10. The maximum atomic E-state index is 12.6. The van der Waals surface area contributed by atoms with Crippen LogP contribution in [0.3, 0.4) is 0 Å². The lowest BCUT2D eigenvalue weighted by Gasteiger charge is -2.22. The molecule has 1 aromatic carbocycles. The predicted octanol–water partition coefficient (Wildman–Crippen LogP) is 5.59. The molecule has 2 aromatic rings. The zero-order chi connectivity index (χ0) is 21.9. The molecule has 2 amide bonds. The van der Waals surface area contributed by atoms with Gasteiger partial charge in [-0.1, -0.05) is 43.5 Å². The Morgan fingerprint density at radius 1 is 1.27 bits per heavy atom. The van der Waals surface area contributed by atoms with Crippen LogP contribution in [0, 0.1) is 11.3 Å². The van der Waals surface area contributed by atoms with E-state index in [4.69, 9.17) is 32.8 Å². The Bertz CT molecular complexity index is 872. The number of halogens is 2. The van der Waals surface area contributed by atoms with Gasteiger partial charge in [-0.25, -0.2) is 14.8 Å². The van der Waals surface area contributed by atoms with E-state index in [-0.39, 0.29) is 17.2 Å². The van der Waals surface area contributed by atoms with Gasteiger partial charge in [0.05, 0.1) is 36.8 Å². The summed E-state index contributed by atoms with van der Waals surface area (Å²) in [4.78, 5) is 25.4. The Labute approximate surface area is 185 Å². The summed E-state index contributed by atoms with van der Waals surface area (Å²) in [5, 5.41) is 13.4. The van der Waals surface area contributed by atoms with Crippen molar-refractivity contribution in [2.75, 3.05) is 18.5 Å². The van der Waals surface area contributed by atoms with Crippen LogP contribution in [0.15, 0.2) is 30.6 Å². The van der Waals surface area contributed by atoms with Gasteiger partial charge in [-0.2, -0.15) is 5.26 Å². The molecular formula is C20H23Cl2N5O3. The monoisotopic (exact) mass is 451 g/mol. The number of hydroxylamine groups is 2. The first kappa shape index (κ1) is 23.7. The maximum absolute atomic E-state index is 12.6. The number of aromatic nitrogens is 2. The topological polar surface area (TPSA) is 100 Å². The molecule has 30 heavy (non-hydrogen) atoms. The molecule has 1 aromatic heterocycles. The lowest BCUT2D eigenvalue weighted by Crippen LogP contribution is -2.36. The summed E-state index contributed by atoms with van der Waals surface area (Å²) >= 11 is 11.5. The minimum atomic E-state index is -0.801. The van der Waals surface area contributed by atoms with Crippen LogP contribution in [-0.2, 0) is 4.84 Å². The highest BCUT2D eigenvalue weighted by molar-refractivity contribution is 6.43. The molecular weight excluding hydrogens is 429 g/mol. The Hall–Kier alpha value is -2.60. The smallest absolute Gasteiger partial charge is 0.345 e. The van der Waals surface area contributed by atoms with Crippen LogP contribution in [0.1, 0.15) is 49.2 Å². The normalized spacial score (nSPS) is 10.5. The van der Waals surface area contributed by atoms with Gasteiger partial charge < -0.3 is 10.1 Å². The minimum absolute atomic E-state index is 0.156. The first-order chi connectivity index (χ1) is 14.5. The Morgan fingerprint density at radius 2 is 2.07 bits per heavy atom. The summed E-state index contributed by atoms with van der Waals surface area (Å²) in [5.74, 6) is 0.378. The zero-order valence-corrected chi connectivity index (χ0v) is 18.3. The highest BCUT2D eigenvalue weighted by Crippen LogP contribution is 2.28. The first-order valence-electron chi connectivity index (χ1n) is 9.52. The molecule has 8 nitrogen and oxygen atoms in total. The van der Waals surface area contributed by atoms with Gasteiger partial charge in [-0.15, -0.1) is 0 Å². The van der Waals surface area contributed by atoms with Crippen molar-refractivity contribution in [2.45, 2.75) is 37.9 Å². The van der Waals surface area contributed by atoms with E-state index in [9.17, 15) is 10.1 Å². The van der Waals surface area contributed by atoms with Crippen LogP contribution in [0.5, 0.6) is 11.6 Å². The van der Waals surface area contributed by atoms with E-state index >= 15 is 0 Å². The standard InChI is InChI=1S/C20H23Cl2N5O3/c1-3-5-9-29-27(8-4-2)20(28)26-15-7-6-14(11-23)17(10-15)30-18-13-24-16(12-25-18)19(21)22/h6-7,10,12-13,19H,3-5,8-9H2,1-2H3,(H,26,28). The van der Waals surface area contributed by atoms with Crippen LogP contribution in [-0.4, -0.2) is 34.2 Å². The zero-order valence-electron chi connectivity index (χ0n) is 16.8. The Balaban J connectivity index is 2.14. The number of hydrogen-bond donors (Lipinski definition) is 1. The fourth-order valence-electron chi connectivity index (χ4n) is 2.31. The third-order valence-corrected chi connectivity index (χ3v) is 4.28. The van der Waals surface area contributed by atoms with Crippen molar-refractivity contribution in [3.63, 3.8) is 0 Å². The third-order valence-electron chi connectivity index (χ3n) is 3.84. The summed E-state index contributed by atoms with van der Waals surface area (Å²) < 4.78 is 5.67. The van der Waals surface area contributed by atoms with Crippen molar-refractivity contribution in [2.24, 2.45) is 0 Å². The fourth-order valence-corrected chi connectivity index (χ4v) is 2.54. The van der Waals surface area contributed by atoms with Crippen LogP contribution in [0.25, 0.3) is 0 Å². The highest BCUT2D eigenvalue weighted by Gasteiger charge is 2.16. The molecule has 0 aliphatic heterocycles. The second-order valence-electron chi connectivity index (χ2n) is 6.22. The molecule has 0 atom stereocenters. The predicted molar refractivity (Wildman–Crippen MR) is 115 cm³/mol. The largest absolute Gasteiger partial charge is 0.436 e. The number of benzene rings is 1. The van der Waals surface area contributed by atoms with Gasteiger partial charge in [0.15, 0.2) is 4.84 Å². The van der Waals surface area contributed by atoms with Crippen LogP contribution in [0.4, 0.5) is 10.5 Å². The molecule has 0 saturated heterocycles. The summed E-state index contributed by atoms with van der Waals surface area (Å²) in [6.07, 6.45) is 5.31. The van der Waals surface area contributed by atoms with E-state index in [0.29, 0.717) is 24.5 Å². The average Bonchev–Trinajstić information content (AvgIpc) is 2.74. The number of nitrogens with zero attached hydrogens (tertiary/aromatic N) is 4. The van der Waals surface area contributed by atoms with Crippen molar-refractivity contribution in [3.8, 4) is 17.7 Å². The highest BCUT2D eigenvalue weighted by atomic mass is 35.5. The Kier molecular flexibility index (Phi) is 9.61. The molecule has 0 aliphatic carbocycles. The van der Waals surface area contributed by atoms with Crippen molar-refractivity contribution in [1.82, 2.24) is 15.0 Å². The number of urea groups is 1. The second-order valence-corrected chi connectivity index (χ2v) is 7.32. The number of hydrogen-bond acceptors (Lipinski definition) is 6. The number of nitriles is 1. The number of rotatable bonds is 10. The van der Waals surface area contributed by atoms with Crippen LogP contribution in [0.2, 0.25) is 0 Å². The maximum Gasteiger partial charge on any atom is 0.345 e. The SMILES string of the molecule is CCCCON(CCC)C(=O)Nc1ccc(C#N)c(Oc2cnc(C(Cl)Cl)cn2)c1. The van der Waals surface area contributed by atoms with Gasteiger partial charge in [-0.3, -0.25) is 9.82 Å². The van der Waals surface area contributed by atoms with Gasteiger partial charge in [-0.05, 0) is 25.0 Å². The lowest BCUT2D eigenvalue weighted by atomic mass is 10.2. The van der Waals surface area contributed by atoms with Gasteiger partial charge in [0.2, 0.25) is 5.88 Å². The van der Waals surface area contributed by atoms with Gasteiger partial charge in [0, 0.05) is 11.8 Å². The molecule has 1 heterocycles. The van der Waals surface area contributed by atoms with Gasteiger partial charge >= 0.3 is 6.03 Å². The summed E-state index contributed by atoms with van der Waals surface area (Å²) in [6, 6.07) is 6.33. The summed E-state index contributed by atoms with van der Waals surface area (Å²) in [7, 11) is 0. The molecule has 0 spiro atoms. The van der Waals surface area contributed by atoms with E-state index in [1.54, 1.807) is 12.1 Å². The number of carbonyl (C=O) groups excluding carboxylic acids is 1. The van der Waals surface area contributed by atoms with Crippen molar-refractivity contribution in [1.29, 1.82) is 5.26 Å². The third kappa shape index (κ3) is 7.02. The molecule has 0 saturated carbocycles. The Morgan fingerprint density at radius 3 is 2.67 bits per heavy atom. The van der Waals surface area contributed by atoms with Crippen LogP contribution < -0.4 is 10.1 Å². The van der Waals surface area contributed by atoms with Crippen LogP contribution >= 0.6 is 23.2 Å². The number of carbonyl (C=O) groups is 1. The molecule has 0 fully saturated rings. The number of anilines is 1. The fraction of sp³-hybridized carbons (Fsp3) is 0.400. The molecule has 160 valence electrons. The lowest BCUT2D eigenvalue weighted by molar-refractivity contribution is -0.114. The molecule has 0 radical (unpaired) electrons. The van der Waals surface area contributed by atoms with Crippen molar-refractivity contribution in [3.05, 3.63) is 41.9 Å². The van der Waals surface area contributed by atoms with Gasteiger partial charge in [0.25, 0.3) is 0 Å². The van der Waals surface area contributed by atoms with Crippen molar-refractivity contribution < 1.29 is 14.4 Å². The molecule has 0 bridgehead atoms. The molecule has 10 heteroatoms. The van der Waals surface area contributed by atoms with Crippen molar-refractivity contribution >= 4 is 34.9 Å². The quantitative estimate of drug-likeness (QED) is 0.286. The molecule has 2 rings (SSSR count). The van der Waals surface area contributed by atoms with E-state index in [2.05, 4.69) is 15.3 Å². The minimum Gasteiger partial charge on any atom is -0.436 e. The second kappa shape index (κ2) is 12.2. The van der Waals surface area contributed by atoms with E-state index in [0.717, 1.165) is 19.3 Å². The van der Waals surface area contributed by atoms with Gasteiger partial charge in [0.1, 0.15) is 11.8 Å². The van der Waals surface area contributed by atoms with E-state index < -0.39 is 10.9 Å². The average molecular weight is 452 g/mol. The molecule has 1 N–H and O–H groups in total. The molecule has 0 aliphatic rings. The first-order valence-corrected chi connectivity index (χ1v) is 10.4. The molecule has 0 unspecified atom stereocenters. The number of unbranched alkanes of at least 4 members (excludes halogenated alkanes) is 1.